The van der Waals surface area contributed by atoms with Gasteiger partial charge < -0.3 is 5.32 Å². The molecule has 0 aliphatic carbocycles. The van der Waals surface area contributed by atoms with Crippen LogP contribution < -0.4 is 5.32 Å². The molecule has 0 fully saturated rings. The zero-order chi connectivity index (χ0) is 14.5. The van der Waals surface area contributed by atoms with E-state index in [2.05, 4.69) is 17.2 Å². The third-order valence-corrected chi connectivity index (χ3v) is 3.58. The lowest BCUT2D eigenvalue weighted by Gasteiger charge is -2.13. The fraction of sp³-hybridized carbons (Fsp3) is 0.375. The van der Waals surface area contributed by atoms with Crippen molar-refractivity contribution in [2.24, 2.45) is 0 Å². The number of fused-ring (bicyclic) bond motifs is 1. The van der Waals surface area contributed by atoms with E-state index in [1.165, 1.54) is 0 Å². The van der Waals surface area contributed by atoms with Crippen LogP contribution >= 0.6 is 11.6 Å². The summed E-state index contributed by atoms with van der Waals surface area (Å²) < 4.78 is 0. The van der Waals surface area contributed by atoms with Crippen molar-refractivity contribution in [3.05, 3.63) is 41.2 Å². The van der Waals surface area contributed by atoms with Crippen LogP contribution in [0.25, 0.3) is 10.8 Å². The Balaban J connectivity index is 2.18. The molecular formula is C16H19ClN2O. The van der Waals surface area contributed by atoms with E-state index in [1.54, 1.807) is 6.07 Å². The molecule has 0 aliphatic heterocycles. The molecule has 1 aromatic heterocycles. The first-order valence-electron chi connectivity index (χ1n) is 6.98. The Morgan fingerprint density at radius 1 is 1.40 bits per heavy atom. The number of nitrogens with one attached hydrogen (secondary N) is 1. The number of hydrogen-bond donors (Lipinski definition) is 1. The van der Waals surface area contributed by atoms with E-state index < -0.39 is 0 Å². The maximum atomic E-state index is 12.2. The molecule has 106 valence electrons. The highest BCUT2D eigenvalue weighted by molar-refractivity contribution is 6.34. The normalized spacial score (nSPS) is 12.3. The van der Waals surface area contributed by atoms with Gasteiger partial charge in [-0.05, 0) is 24.8 Å². The van der Waals surface area contributed by atoms with Crippen molar-refractivity contribution in [3.63, 3.8) is 0 Å². The smallest absolute Gasteiger partial charge is 0.270 e. The van der Waals surface area contributed by atoms with E-state index in [0.717, 1.165) is 30.0 Å². The average molecular weight is 291 g/mol. The third-order valence-electron chi connectivity index (χ3n) is 3.29. The monoisotopic (exact) mass is 290 g/mol. The molecule has 1 atom stereocenters. The van der Waals surface area contributed by atoms with Gasteiger partial charge in [0, 0.05) is 11.4 Å². The van der Waals surface area contributed by atoms with E-state index in [4.69, 9.17) is 11.6 Å². The molecule has 1 aromatic carbocycles. The minimum absolute atomic E-state index is 0.148. The van der Waals surface area contributed by atoms with Gasteiger partial charge in [-0.1, -0.05) is 55.6 Å². The first-order chi connectivity index (χ1) is 9.61. The number of rotatable bonds is 5. The molecule has 4 heteroatoms. The van der Waals surface area contributed by atoms with Gasteiger partial charge in [0.2, 0.25) is 0 Å². The Morgan fingerprint density at radius 2 is 2.15 bits per heavy atom. The molecule has 0 saturated carbocycles. The van der Waals surface area contributed by atoms with E-state index >= 15 is 0 Å². The molecule has 1 N–H and O–H groups in total. The summed E-state index contributed by atoms with van der Waals surface area (Å²) in [5, 5.41) is 5.13. The molecule has 1 unspecified atom stereocenters. The van der Waals surface area contributed by atoms with E-state index in [9.17, 15) is 4.79 Å². The molecule has 1 amide bonds. The van der Waals surface area contributed by atoms with Gasteiger partial charge in [-0.25, -0.2) is 4.98 Å². The average Bonchev–Trinajstić information content (AvgIpc) is 2.45. The molecule has 2 aromatic rings. The molecular weight excluding hydrogens is 272 g/mol. The number of hydrogen-bond acceptors (Lipinski definition) is 2. The Bertz CT molecular complexity index is 612. The minimum Gasteiger partial charge on any atom is -0.348 e. The van der Waals surface area contributed by atoms with E-state index in [1.807, 2.05) is 31.2 Å². The summed E-state index contributed by atoms with van der Waals surface area (Å²) in [6.07, 6.45) is 3.21. The zero-order valence-electron chi connectivity index (χ0n) is 11.8. The first-order valence-corrected chi connectivity index (χ1v) is 7.35. The van der Waals surface area contributed by atoms with Crippen LogP contribution in [0, 0.1) is 0 Å². The number of aromatic nitrogens is 1. The summed E-state index contributed by atoms with van der Waals surface area (Å²) in [5.41, 5.74) is 0.372. The van der Waals surface area contributed by atoms with Crippen LogP contribution in [-0.4, -0.2) is 16.9 Å². The zero-order valence-corrected chi connectivity index (χ0v) is 12.6. The van der Waals surface area contributed by atoms with Crippen molar-refractivity contribution in [3.8, 4) is 0 Å². The fourth-order valence-electron chi connectivity index (χ4n) is 2.15. The number of pyridine rings is 1. The van der Waals surface area contributed by atoms with Crippen LogP contribution in [0.3, 0.4) is 0 Å². The van der Waals surface area contributed by atoms with Gasteiger partial charge in [-0.3, -0.25) is 4.79 Å². The lowest BCUT2D eigenvalue weighted by atomic mass is 10.1. The number of halogens is 1. The largest absolute Gasteiger partial charge is 0.348 e. The number of nitrogens with zero attached hydrogens (tertiary/aromatic N) is 1. The van der Waals surface area contributed by atoms with Crippen molar-refractivity contribution >= 4 is 28.3 Å². The number of amides is 1. The number of carbonyl (C=O) groups is 1. The molecule has 1 heterocycles. The van der Waals surface area contributed by atoms with Crippen molar-refractivity contribution in [1.29, 1.82) is 0 Å². The van der Waals surface area contributed by atoms with Gasteiger partial charge in [0.25, 0.3) is 5.91 Å². The van der Waals surface area contributed by atoms with E-state index in [-0.39, 0.29) is 11.9 Å². The second-order valence-corrected chi connectivity index (χ2v) is 5.39. The number of benzene rings is 1. The van der Waals surface area contributed by atoms with Crippen molar-refractivity contribution < 1.29 is 4.79 Å². The van der Waals surface area contributed by atoms with Crippen LogP contribution in [0.4, 0.5) is 0 Å². The second kappa shape index (κ2) is 6.71. The van der Waals surface area contributed by atoms with Gasteiger partial charge >= 0.3 is 0 Å². The minimum atomic E-state index is -0.166. The van der Waals surface area contributed by atoms with Gasteiger partial charge in [-0.2, -0.15) is 0 Å². The van der Waals surface area contributed by atoms with Crippen molar-refractivity contribution in [2.75, 3.05) is 0 Å². The quantitative estimate of drug-likeness (QED) is 0.839. The van der Waals surface area contributed by atoms with Crippen LogP contribution in [0.1, 0.15) is 43.6 Å². The first kappa shape index (κ1) is 14.8. The van der Waals surface area contributed by atoms with Crippen LogP contribution in [0.5, 0.6) is 0 Å². The predicted molar refractivity (Wildman–Crippen MR) is 83.2 cm³/mol. The van der Waals surface area contributed by atoms with Crippen LogP contribution in [-0.2, 0) is 0 Å². The van der Waals surface area contributed by atoms with Crippen LogP contribution in [0.2, 0.25) is 5.15 Å². The van der Waals surface area contributed by atoms with Gasteiger partial charge in [0.05, 0.1) is 0 Å². The molecule has 0 saturated heterocycles. The summed E-state index contributed by atoms with van der Waals surface area (Å²) in [6.45, 7) is 4.15. The second-order valence-electron chi connectivity index (χ2n) is 5.04. The molecule has 0 radical (unpaired) electrons. The summed E-state index contributed by atoms with van der Waals surface area (Å²) in [7, 11) is 0. The van der Waals surface area contributed by atoms with Crippen LogP contribution in [0.15, 0.2) is 30.3 Å². The third kappa shape index (κ3) is 3.48. The number of carbonyl (C=O) groups excluding carboxylic acids is 1. The lowest BCUT2D eigenvalue weighted by Crippen LogP contribution is -2.33. The van der Waals surface area contributed by atoms with Gasteiger partial charge in [-0.15, -0.1) is 0 Å². The maximum Gasteiger partial charge on any atom is 0.270 e. The van der Waals surface area contributed by atoms with Crippen molar-refractivity contribution in [1.82, 2.24) is 10.3 Å². The molecule has 2 rings (SSSR count). The van der Waals surface area contributed by atoms with Crippen molar-refractivity contribution in [2.45, 2.75) is 39.2 Å². The summed E-state index contributed by atoms with van der Waals surface area (Å²) in [6, 6.07) is 9.58. The summed E-state index contributed by atoms with van der Waals surface area (Å²) in [4.78, 5) is 16.4. The topological polar surface area (TPSA) is 42.0 Å². The summed E-state index contributed by atoms with van der Waals surface area (Å²) in [5.74, 6) is -0.166. The lowest BCUT2D eigenvalue weighted by molar-refractivity contribution is 0.0933. The fourth-order valence-corrected chi connectivity index (χ4v) is 2.42. The Labute approximate surface area is 124 Å². The highest BCUT2D eigenvalue weighted by Crippen LogP contribution is 2.22. The number of unbranched alkanes of at least 4 members (excludes halogenated alkanes) is 1. The molecule has 0 bridgehead atoms. The van der Waals surface area contributed by atoms with Gasteiger partial charge in [0.15, 0.2) is 0 Å². The summed E-state index contributed by atoms with van der Waals surface area (Å²) >= 11 is 6.14. The Kier molecular flexibility index (Phi) is 4.96. The highest BCUT2D eigenvalue weighted by Gasteiger charge is 2.13. The maximum absolute atomic E-state index is 12.2. The standard InChI is InChI=1S/C16H19ClN2O/c1-3-4-7-11(2)18-16(20)14-10-12-8-5-6-9-13(12)15(17)19-14/h5-6,8-11H,3-4,7H2,1-2H3,(H,18,20). The molecule has 20 heavy (non-hydrogen) atoms. The SMILES string of the molecule is CCCCC(C)NC(=O)c1cc2ccccc2c(Cl)n1. The molecule has 3 nitrogen and oxygen atoms in total. The molecule has 0 spiro atoms. The molecule has 0 aliphatic rings. The van der Waals surface area contributed by atoms with Gasteiger partial charge in [0.1, 0.15) is 10.8 Å². The Hall–Kier alpha value is -1.61. The predicted octanol–water partition coefficient (Wildman–Crippen LogP) is 4.20. The van der Waals surface area contributed by atoms with E-state index in [0.29, 0.717) is 10.8 Å². The Morgan fingerprint density at radius 3 is 2.90 bits per heavy atom. The highest BCUT2D eigenvalue weighted by atomic mass is 35.5.